The van der Waals surface area contributed by atoms with Crippen molar-refractivity contribution in [2.45, 2.75) is 245 Å². The normalized spacial score (nSPS) is 12.3. The highest BCUT2D eigenvalue weighted by Crippen LogP contribution is 2.19. The standard InChI is InChI=1S/C42H83NO3/c1-4-7-10-13-16-19-21-23-25-28-31-34-37-43(40(38-42(45)46)35-32-29-26-18-15-12-9-6-3)39-41(44)36-33-30-27-24-22-20-17-14-11-8-5-2/h40H,4-39H2,1-3H3,(H,45,46). The van der Waals surface area contributed by atoms with E-state index in [1.54, 1.807) is 0 Å². The van der Waals surface area contributed by atoms with E-state index in [-0.39, 0.29) is 12.5 Å². The van der Waals surface area contributed by atoms with Crippen LogP contribution in [0.5, 0.6) is 0 Å². The zero-order valence-corrected chi connectivity index (χ0v) is 31.7. The van der Waals surface area contributed by atoms with Crippen LogP contribution in [0.15, 0.2) is 0 Å². The van der Waals surface area contributed by atoms with Crippen LogP contribution in [-0.2, 0) is 9.59 Å². The van der Waals surface area contributed by atoms with Gasteiger partial charge in [0, 0.05) is 12.5 Å². The third-order valence-electron chi connectivity index (χ3n) is 10.1. The molecule has 274 valence electrons. The Kier molecular flexibility index (Phi) is 36.2. The fourth-order valence-corrected chi connectivity index (χ4v) is 6.97. The number of nitrogens with zero attached hydrogens (tertiary/aromatic N) is 1. The molecule has 4 nitrogen and oxygen atoms in total. The Morgan fingerprint density at radius 3 is 1.15 bits per heavy atom. The van der Waals surface area contributed by atoms with E-state index < -0.39 is 5.97 Å². The lowest BCUT2D eigenvalue weighted by Gasteiger charge is -2.30. The number of carbonyl (C=O) groups excluding carboxylic acids is 1. The van der Waals surface area contributed by atoms with Gasteiger partial charge >= 0.3 is 5.97 Å². The van der Waals surface area contributed by atoms with Crippen molar-refractivity contribution in [2.24, 2.45) is 0 Å². The summed E-state index contributed by atoms with van der Waals surface area (Å²) in [6.07, 6.45) is 41.9. The van der Waals surface area contributed by atoms with Crippen LogP contribution in [0.25, 0.3) is 0 Å². The molecule has 0 bridgehead atoms. The molecule has 1 unspecified atom stereocenters. The summed E-state index contributed by atoms with van der Waals surface area (Å²) in [5, 5.41) is 9.77. The molecule has 0 amide bonds. The maximum absolute atomic E-state index is 13.1. The van der Waals surface area contributed by atoms with Crippen molar-refractivity contribution < 1.29 is 14.7 Å². The average molecular weight is 650 g/mol. The van der Waals surface area contributed by atoms with Crippen molar-refractivity contribution in [1.82, 2.24) is 4.90 Å². The second-order valence-corrected chi connectivity index (χ2v) is 14.7. The van der Waals surface area contributed by atoms with E-state index in [9.17, 15) is 14.7 Å². The van der Waals surface area contributed by atoms with E-state index in [1.807, 2.05) is 0 Å². The highest BCUT2D eigenvalue weighted by atomic mass is 16.4. The van der Waals surface area contributed by atoms with Gasteiger partial charge in [-0.3, -0.25) is 14.5 Å². The lowest BCUT2D eigenvalue weighted by molar-refractivity contribution is -0.139. The van der Waals surface area contributed by atoms with E-state index in [0.29, 0.717) is 18.7 Å². The van der Waals surface area contributed by atoms with Gasteiger partial charge in [0.1, 0.15) is 5.78 Å². The Balaban J connectivity index is 4.57. The van der Waals surface area contributed by atoms with Gasteiger partial charge in [0.25, 0.3) is 0 Å². The highest BCUT2D eigenvalue weighted by molar-refractivity contribution is 5.80. The van der Waals surface area contributed by atoms with Crippen LogP contribution in [-0.4, -0.2) is 40.9 Å². The van der Waals surface area contributed by atoms with Gasteiger partial charge in [-0.25, -0.2) is 0 Å². The molecule has 0 spiro atoms. The van der Waals surface area contributed by atoms with Crippen LogP contribution in [0.4, 0.5) is 0 Å². The fraction of sp³-hybridized carbons (Fsp3) is 0.952. The number of hydrogen-bond donors (Lipinski definition) is 1. The van der Waals surface area contributed by atoms with E-state index >= 15 is 0 Å². The molecule has 1 N–H and O–H groups in total. The molecule has 46 heavy (non-hydrogen) atoms. The van der Waals surface area contributed by atoms with Gasteiger partial charge in [0.15, 0.2) is 0 Å². The summed E-state index contributed by atoms with van der Waals surface area (Å²) in [6.45, 7) is 8.13. The average Bonchev–Trinajstić information content (AvgIpc) is 3.04. The Morgan fingerprint density at radius 2 is 0.783 bits per heavy atom. The molecule has 0 radical (unpaired) electrons. The number of carboxylic acids is 1. The quantitative estimate of drug-likeness (QED) is 0.0673. The third kappa shape index (κ3) is 33.0. The van der Waals surface area contributed by atoms with E-state index in [4.69, 9.17) is 0 Å². The zero-order chi connectivity index (χ0) is 33.8. The van der Waals surface area contributed by atoms with Crippen LogP contribution in [0, 0.1) is 0 Å². The van der Waals surface area contributed by atoms with Gasteiger partial charge in [0.2, 0.25) is 0 Å². The third-order valence-corrected chi connectivity index (χ3v) is 10.1. The Labute approximate surface area is 289 Å². The number of rotatable bonds is 39. The molecule has 0 rings (SSSR count). The molecule has 0 aliphatic carbocycles. The summed E-state index contributed by atoms with van der Waals surface area (Å²) in [5.74, 6) is -0.400. The number of unbranched alkanes of at least 4 members (excludes halogenated alkanes) is 28. The predicted octanol–water partition coefficient (Wildman–Crippen LogP) is 13.6. The molecule has 0 aromatic heterocycles. The number of aliphatic carboxylic acids is 1. The van der Waals surface area contributed by atoms with Crippen molar-refractivity contribution in [1.29, 1.82) is 0 Å². The van der Waals surface area contributed by atoms with Crippen LogP contribution >= 0.6 is 0 Å². The summed E-state index contributed by atoms with van der Waals surface area (Å²) >= 11 is 0. The van der Waals surface area contributed by atoms with Gasteiger partial charge in [-0.15, -0.1) is 0 Å². The molecule has 4 heteroatoms. The minimum absolute atomic E-state index is 0.00780. The fourth-order valence-electron chi connectivity index (χ4n) is 6.97. The first-order valence-electron chi connectivity index (χ1n) is 21.0. The van der Waals surface area contributed by atoms with Crippen molar-refractivity contribution >= 4 is 11.8 Å². The minimum atomic E-state index is -0.720. The highest BCUT2D eigenvalue weighted by Gasteiger charge is 2.23. The molecule has 0 aliphatic heterocycles. The van der Waals surface area contributed by atoms with Gasteiger partial charge in [-0.2, -0.15) is 0 Å². The number of Topliss-reactive ketones (excluding diaryl/α,β-unsaturated/α-hetero) is 1. The first kappa shape index (κ1) is 45.1. The molecule has 0 fully saturated rings. The van der Waals surface area contributed by atoms with E-state index in [0.717, 1.165) is 38.6 Å². The number of ketones is 1. The number of hydrogen-bond acceptors (Lipinski definition) is 3. The van der Waals surface area contributed by atoms with Gasteiger partial charge in [0.05, 0.1) is 13.0 Å². The van der Waals surface area contributed by atoms with Crippen molar-refractivity contribution in [3.63, 3.8) is 0 Å². The van der Waals surface area contributed by atoms with Crippen LogP contribution in [0.2, 0.25) is 0 Å². The van der Waals surface area contributed by atoms with E-state index in [1.165, 1.54) is 173 Å². The zero-order valence-electron chi connectivity index (χ0n) is 31.7. The monoisotopic (exact) mass is 650 g/mol. The second-order valence-electron chi connectivity index (χ2n) is 14.7. The lowest BCUT2D eigenvalue weighted by Crippen LogP contribution is -2.41. The summed E-state index contributed by atoms with van der Waals surface area (Å²) in [6, 6.07) is -0.00780. The predicted molar refractivity (Wildman–Crippen MR) is 202 cm³/mol. The molecule has 0 heterocycles. The van der Waals surface area contributed by atoms with Gasteiger partial charge < -0.3 is 5.11 Å². The van der Waals surface area contributed by atoms with Crippen LogP contribution in [0.1, 0.15) is 239 Å². The summed E-state index contributed by atoms with van der Waals surface area (Å²) in [5.41, 5.74) is 0. The Bertz CT molecular complexity index is 636. The number of carbonyl (C=O) groups is 2. The Hall–Kier alpha value is -0.900. The molecular weight excluding hydrogens is 566 g/mol. The van der Waals surface area contributed by atoms with Gasteiger partial charge in [-0.05, 0) is 25.8 Å². The first-order valence-corrected chi connectivity index (χ1v) is 21.0. The molecule has 1 atom stereocenters. The second kappa shape index (κ2) is 36.9. The first-order chi connectivity index (χ1) is 22.5. The summed E-state index contributed by atoms with van der Waals surface area (Å²) in [4.78, 5) is 27.3. The Morgan fingerprint density at radius 1 is 0.457 bits per heavy atom. The maximum atomic E-state index is 13.1. The van der Waals surface area contributed by atoms with Crippen molar-refractivity contribution in [2.75, 3.05) is 13.1 Å². The molecule has 0 aromatic carbocycles. The van der Waals surface area contributed by atoms with Crippen LogP contribution < -0.4 is 0 Å². The van der Waals surface area contributed by atoms with Crippen molar-refractivity contribution in [3.05, 3.63) is 0 Å². The lowest BCUT2D eigenvalue weighted by atomic mass is 10.00. The largest absolute Gasteiger partial charge is 0.481 e. The van der Waals surface area contributed by atoms with Crippen LogP contribution in [0.3, 0.4) is 0 Å². The topological polar surface area (TPSA) is 57.6 Å². The SMILES string of the molecule is CCCCCCCCCCCCCCN(CC(=O)CCCCCCCCCCCCC)C(CCCCCCCCCC)CC(=O)O. The minimum Gasteiger partial charge on any atom is -0.481 e. The molecule has 0 saturated heterocycles. The maximum Gasteiger partial charge on any atom is 0.304 e. The smallest absolute Gasteiger partial charge is 0.304 e. The molecule has 0 aromatic rings. The number of carboxylic acid groups (broad SMARTS) is 1. The summed E-state index contributed by atoms with van der Waals surface area (Å²) in [7, 11) is 0. The molecule has 0 saturated carbocycles. The molecular formula is C42H83NO3. The van der Waals surface area contributed by atoms with E-state index in [2.05, 4.69) is 25.7 Å². The summed E-state index contributed by atoms with van der Waals surface area (Å²) < 4.78 is 0. The molecule has 0 aliphatic rings. The van der Waals surface area contributed by atoms with Crippen molar-refractivity contribution in [3.8, 4) is 0 Å². The van der Waals surface area contributed by atoms with Gasteiger partial charge in [-0.1, -0.05) is 207 Å².